The largest absolute Gasteiger partial charge is 0.507 e. The Hall–Kier alpha value is -0.500. The number of rotatable bonds is 0. The molecule has 54 valence electrons. The molecule has 0 saturated heterocycles. The van der Waals surface area contributed by atoms with E-state index in [0.717, 1.165) is 15.6 Å². The molecule has 1 N–H and O–H groups in total. The second-order valence-corrected chi connectivity index (χ2v) is 3.19. The van der Waals surface area contributed by atoms with Gasteiger partial charge < -0.3 is 5.11 Å². The number of halogens is 1. The molecule has 0 bridgehead atoms. The van der Waals surface area contributed by atoms with Gasteiger partial charge in [0.2, 0.25) is 0 Å². The van der Waals surface area contributed by atoms with Gasteiger partial charge in [0.05, 0.1) is 0 Å². The normalized spacial score (nSPS) is 9.90. The lowest BCUT2D eigenvalue weighted by Gasteiger charge is -2.03. The van der Waals surface area contributed by atoms with Crippen molar-refractivity contribution in [3.05, 3.63) is 27.7 Å². The first-order valence-electron chi connectivity index (χ1n) is 3.07. The van der Waals surface area contributed by atoms with Crippen LogP contribution in [0, 0.1) is 13.8 Å². The van der Waals surface area contributed by atoms with Gasteiger partial charge in [-0.15, -0.1) is 0 Å². The van der Waals surface area contributed by atoms with Crippen molar-refractivity contribution in [3.8, 4) is 5.75 Å². The summed E-state index contributed by atoms with van der Waals surface area (Å²) in [6, 6.07) is 3.82. The van der Waals surface area contributed by atoms with Crippen LogP contribution in [-0.4, -0.2) is 5.11 Å². The Morgan fingerprint density at radius 2 is 1.90 bits per heavy atom. The van der Waals surface area contributed by atoms with Crippen LogP contribution >= 0.6 is 15.9 Å². The second-order valence-electron chi connectivity index (χ2n) is 2.34. The molecule has 0 amide bonds. The van der Waals surface area contributed by atoms with E-state index in [-0.39, 0.29) is 0 Å². The third-order valence-electron chi connectivity index (χ3n) is 1.57. The third-order valence-corrected chi connectivity index (χ3v) is 2.43. The lowest BCUT2D eigenvalue weighted by atomic mass is 10.1. The quantitative estimate of drug-likeness (QED) is 0.684. The zero-order chi connectivity index (χ0) is 7.72. The molecule has 0 aliphatic heterocycles. The number of hydrogen-bond acceptors (Lipinski definition) is 1. The molecule has 0 aliphatic carbocycles. The summed E-state index contributed by atoms with van der Waals surface area (Å²) in [5.74, 6) is 0.384. The van der Waals surface area contributed by atoms with E-state index in [9.17, 15) is 5.11 Å². The molecule has 1 aromatic carbocycles. The monoisotopic (exact) mass is 200 g/mol. The summed E-state index contributed by atoms with van der Waals surface area (Å²) in [5, 5.41) is 9.36. The Labute approximate surface area is 68.8 Å². The van der Waals surface area contributed by atoms with E-state index >= 15 is 0 Å². The topological polar surface area (TPSA) is 20.2 Å². The predicted molar refractivity (Wildman–Crippen MR) is 45.3 cm³/mol. The van der Waals surface area contributed by atoms with Gasteiger partial charge in [0, 0.05) is 10.0 Å². The van der Waals surface area contributed by atoms with Crippen LogP contribution in [0.15, 0.2) is 16.6 Å². The van der Waals surface area contributed by atoms with Crippen LogP contribution < -0.4 is 0 Å². The van der Waals surface area contributed by atoms with Gasteiger partial charge in [-0.05, 0) is 25.5 Å². The molecule has 0 saturated carbocycles. The van der Waals surface area contributed by atoms with Gasteiger partial charge in [-0.1, -0.05) is 22.0 Å². The molecule has 0 heterocycles. The molecule has 0 aliphatic rings. The average molecular weight is 201 g/mol. The van der Waals surface area contributed by atoms with Gasteiger partial charge in [0.15, 0.2) is 0 Å². The minimum Gasteiger partial charge on any atom is -0.507 e. The van der Waals surface area contributed by atoms with Crippen molar-refractivity contribution in [2.45, 2.75) is 13.8 Å². The summed E-state index contributed by atoms with van der Waals surface area (Å²) in [4.78, 5) is 0. The van der Waals surface area contributed by atoms with Crippen LogP contribution in [0.4, 0.5) is 0 Å². The van der Waals surface area contributed by atoms with Crippen LogP contribution in [0.1, 0.15) is 11.1 Å². The maximum atomic E-state index is 9.36. The first-order valence-corrected chi connectivity index (χ1v) is 3.87. The number of hydrogen-bond donors (Lipinski definition) is 1. The highest BCUT2D eigenvalue weighted by Crippen LogP contribution is 2.27. The van der Waals surface area contributed by atoms with E-state index in [4.69, 9.17) is 0 Å². The molecule has 1 nitrogen and oxygen atoms in total. The van der Waals surface area contributed by atoms with Gasteiger partial charge in [-0.25, -0.2) is 0 Å². The summed E-state index contributed by atoms with van der Waals surface area (Å²) < 4.78 is 0.954. The molecule has 0 radical (unpaired) electrons. The van der Waals surface area contributed by atoms with Crippen molar-refractivity contribution >= 4 is 15.9 Å². The highest BCUT2D eigenvalue weighted by Gasteiger charge is 2.01. The predicted octanol–water partition coefficient (Wildman–Crippen LogP) is 2.77. The number of aryl methyl sites for hydroxylation is 1. The molecule has 0 fully saturated rings. The fraction of sp³-hybridized carbons (Fsp3) is 0.250. The number of benzene rings is 1. The first kappa shape index (κ1) is 7.61. The van der Waals surface area contributed by atoms with Crippen molar-refractivity contribution in [2.24, 2.45) is 0 Å². The molecule has 0 unspecified atom stereocenters. The Kier molecular flexibility index (Phi) is 2.00. The molecule has 0 aromatic heterocycles. The van der Waals surface area contributed by atoms with Gasteiger partial charge in [0.25, 0.3) is 0 Å². The maximum absolute atomic E-state index is 9.36. The van der Waals surface area contributed by atoms with Crippen molar-refractivity contribution in [2.75, 3.05) is 0 Å². The molecule has 1 aromatic rings. The molecular formula is C8H9BrO. The molecule has 1 rings (SSSR count). The standard InChI is InChI=1S/C8H9BrO/c1-5-3-4-7(9)6(2)8(5)10/h3-4,10H,1-2H3. The molecular weight excluding hydrogens is 192 g/mol. The van der Waals surface area contributed by atoms with Gasteiger partial charge in [-0.2, -0.15) is 0 Å². The average Bonchev–Trinajstić information content (AvgIpc) is 1.93. The van der Waals surface area contributed by atoms with E-state index in [2.05, 4.69) is 15.9 Å². The van der Waals surface area contributed by atoms with E-state index in [1.807, 2.05) is 26.0 Å². The van der Waals surface area contributed by atoms with Crippen molar-refractivity contribution in [3.63, 3.8) is 0 Å². The highest BCUT2D eigenvalue weighted by molar-refractivity contribution is 9.10. The minimum absolute atomic E-state index is 0.384. The van der Waals surface area contributed by atoms with Crippen LogP contribution in [0.5, 0.6) is 5.75 Å². The summed E-state index contributed by atoms with van der Waals surface area (Å²) in [6.45, 7) is 3.77. The van der Waals surface area contributed by atoms with Crippen LogP contribution in [0.2, 0.25) is 0 Å². The minimum atomic E-state index is 0.384. The molecule has 2 heteroatoms. The summed E-state index contributed by atoms with van der Waals surface area (Å²) >= 11 is 3.32. The lowest BCUT2D eigenvalue weighted by Crippen LogP contribution is -1.80. The summed E-state index contributed by atoms with van der Waals surface area (Å²) in [5.41, 5.74) is 1.82. The van der Waals surface area contributed by atoms with Crippen LogP contribution in [-0.2, 0) is 0 Å². The molecule has 0 atom stereocenters. The summed E-state index contributed by atoms with van der Waals surface area (Å²) in [6.07, 6.45) is 0. The third kappa shape index (κ3) is 1.16. The number of aromatic hydroxyl groups is 1. The van der Waals surface area contributed by atoms with Gasteiger partial charge in [0.1, 0.15) is 5.75 Å². The fourth-order valence-electron chi connectivity index (χ4n) is 0.811. The number of phenolic OH excluding ortho intramolecular Hbond substituents is 1. The van der Waals surface area contributed by atoms with Crippen molar-refractivity contribution in [1.29, 1.82) is 0 Å². The first-order chi connectivity index (χ1) is 4.63. The van der Waals surface area contributed by atoms with Crippen LogP contribution in [0.3, 0.4) is 0 Å². The van der Waals surface area contributed by atoms with Crippen molar-refractivity contribution < 1.29 is 5.11 Å². The van der Waals surface area contributed by atoms with Crippen LogP contribution in [0.25, 0.3) is 0 Å². The fourth-order valence-corrected chi connectivity index (χ4v) is 1.13. The van der Waals surface area contributed by atoms with Gasteiger partial charge in [-0.3, -0.25) is 0 Å². The van der Waals surface area contributed by atoms with Gasteiger partial charge >= 0.3 is 0 Å². The zero-order valence-electron chi connectivity index (χ0n) is 5.98. The maximum Gasteiger partial charge on any atom is 0.122 e. The highest BCUT2D eigenvalue weighted by atomic mass is 79.9. The SMILES string of the molecule is Cc1ccc(Br)c(C)c1O. The lowest BCUT2D eigenvalue weighted by molar-refractivity contribution is 0.466. The van der Waals surface area contributed by atoms with E-state index in [1.54, 1.807) is 0 Å². The second kappa shape index (κ2) is 2.62. The smallest absolute Gasteiger partial charge is 0.122 e. The van der Waals surface area contributed by atoms with E-state index < -0.39 is 0 Å². The zero-order valence-corrected chi connectivity index (χ0v) is 7.57. The Balaban J connectivity index is 3.34. The Morgan fingerprint density at radius 3 is 2.40 bits per heavy atom. The number of phenols is 1. The molecule has 0 spiro atoms. The Morgan fingerprint density at radius 1 is 1.30 bits per heavy atom. The van der Waals surface area contributed by atoms with E-state index in [1.165, 1.54) is 0 Å². The van der Waals surface area contributed by atoms with E-state index in [0.29, 0.717) is 5.75 Å². The Bertz CT molecular complexity index is 229. The van der Waals surface area contributed by atoms with Crippen molar-refractivity contribution in [1.82, 2.24) is 0 Å². The summed E-state index contributed by atoms with van der Waals surface area (Å²) in [7, 11) is 0. The molecule has 10 heavy (non-hydrogen) atoms.